The maximum Gasteiger partial charge on any atom is 0.254 e. The van der Waals surface area contributed by atoms with E-state index in [0.717, 1.165) is 17.3 Å². The van der Waals surface area contributed by atoms with E-state index in [2.05, 4.69) is 10.3 Å². The van der Waals surface area contributed by atoms with E-state index in [1.165, 1.54) is 12.3 Å². The summed E-state index contributed by atoms with van der Waals surface area (Å²) in [5.74, 6) is -1.15. The maximum atomic E-state index is 13.4. The Kier molecular flexibility index (Phi) is 4.37. The van der Waals surface area contributed by atoms with Gasteiger partial charge in [-0.3, -0.25) is 9.78 Å². The summed E-state index contributed by atoms with van der Waals surface area (Å²) in [7, 11) is 0. The predicted octanol–water partition coefficient (Wildman–Crippen LogP) is 1.78. The van der Waals surface area contributed by atoms with Gasteiger partial charge in [-0.25, -0.2) is 4.39 Å². The Balaban J connectivity index is 2.06. The Labute approximate surface area is 120 Å². The van der Waals surface area contributed by atoms with Gasteiger partial charge in [0.05, 0.1) is 11.8 Å². The van der Waals surface area contributed by atoms with Crippen molar-refractivity contribution in [2.24, 2.45) is 5.73 Å². The number of benzene rings is 1. The van der Waals surface area contributed by atoms with E-state index < -0.39 is 11.7 Å². The SMILES string of the molecule is NC(=S)c1cccc(CNC(=O)c2ccncc2F)c1. The number of carbonyl (C=O) groups is 1. The van der Waals surface area contributed by atoms with Crippen LogP contribution in [0.2, 0.25) is 0 Å². The van der Waals surface area contributed by atoms with Gasteiger partial charge in [-0.2, -0.15) is 0 Å². The average Bonchev–Trinajstić information content (AvgIpc) is 2.45. The monoisotopic (exact) mass is 289 g/mol. The van der Waals surface area contributed by atoms with Crippen molar-refractivity contribution >= 4 is 23.1 Å². The number of nitrogens with zero attached hydrogens (tertiary/aromatic N) is 1. The van der Waals surface area contributed by atoms with Crippen molar-refractivity contribution in [1.82, 2.24) is 10.3 Å². The van der Waals surface area contributed by atoms with E-state index >= 15 is 0 Å². The smallest absolute Gasteiger partial charge is 0.254 e. The first-order chi connectivity index (χ1) is 9.58. The Morgan fingerprint density at radius 3 is 2.90 bits per heavy atom. The Hall–Kier alpha value is -2.34. The molecule has 0 aliphatic rings. The Morgan fingerprint density at radius 1 is 1.40 bits per heavy atom. The fraction of sp³-hybridized carbons (Fsp3) is 0.0714. The van der Waals surface area contributed by atoms with Gasteiger partial charge in [0.15, 0.2) is 5.82 Å². The van der Waals surface area contributed by atoms with Gasteiger partial charge in [0.2, 0.25) is 0 Å². The van der Waals surface area contributed by atoms with E-state index in [1.807, 2.05) is 6.07 Å². The fourth-order valence-electron chi connectivity index (χ4n) is 1.67. The highest BCUT2D eigenvalue weighted by atomic mass is 32.1. The molecule has 4 nitrogen and oxygen atoms in total. The summed E-state index contributed by atoms with van der Waals surface area (Å²) < 4.78 is 13.4. The number of rotatable bonds is 4. The number of thiocarbonyl (C=S) groups is 1. The van der Waals surface area contributed by atoms with Crippen LogP contribution in [-0.4, -0.2) is 15.9 Å². The zero-order valence-electron chi connectivity index (χ0n) is 10.5. The highest BCUT2D eigenvalue weighted by Crippen LogP contribution is 2.07. The second kappa shape index (κ2) is 6.21. The number of amides is 1. The maximum absolute atomic E-state index is 13.4. The van der Waals surface area contributed by atoms with Gasteiger partial charge in [-0.15, -0.1) is 0 Å². The molecule has 0 spiro atoms. The normalized spacial score (nSPS) is 10.1. The highest BCUT2D eigenvalue weighted by molar-refractivity contribution is 7.80. The third kappa shape index (κ3) is 3.36. The third-order valence-electron chi connectivity index (χ3n) is 2.68. The van der Waals surface area contributed by atoms with Gasteiger partial charge in [0.25, 0.3) is 5.91 Å². The van der Waals surface area contributed by atoms with Crippen molar-refractivity contribution in [2.45, 2.75) is 6.54 Å². The topological polar surface area (TPSA) is 68.0 Å². The molecule has 0 fully saturated rings. The zero-order valence-corrected chi connectivity index (χ0v) is 11.3. The lowest BCUT2D eigenvalue weighted by molar-refractivity contribution is 0.0946. The molecule has 1 amide bonds. The van der Waals surface area contributed by atoms with Crippen LogP contribution in [0.15, 0.2) is 42.7 Å². The number of carbonyl (C=O) groups excluding carboxylic acids is 1. The van der Waals surface area contributed by atoms with Gasteiger partial charge in [-0.05, 0) is 17.7 Å². The van der Waals surface area contributed by atoms with E-state index in [0.29, 0.717) is 4.99 Å². The van der Waals surface area contributed by atoms with Crippen LogP contribution in [0.4, 0.5) is 4.39 Å². The molecule has 0 aliphatic heterocycles. The minimum atomic E-state index is -0.651. The van der Waals surface area contributed by atoms with Crippen molar-refractivity contribution in [3.05, 3.63) is 65.2 Å². The summed E-state index contributed by atoms with van der Waals surface area (Å²) in [5.41, 5.74) is 7.06. The summed E-state index contributed by atoms with van der Waals surface area (Å²) in [6.45, 7) is 0.261. The molecule has 0 aliphatic carbocycles. The van der Waals surface area contributed by atoms with Gasteiger partial charge in [0, 0.05) is 18.3 Å². The molecule has 0 radical (unpaired) electrons. The molecule has 6 heteroatoms. The van der Waals surface area contributed by atoms with Crippen LogP contribution in [0.1, 0.15) is 21.5 Å². The second-order valence-corrected chi connectivity index (χ2v) is 4.54. The van der Waals surface area contributed by atoms with Crippen molar-refractivity contribution in [1.29, 1.82) is 0 Å². The standard InChI is InChI=1S/C14H12FN3OS/c15-12-8-17-5-4-11(12)14(19)18-7-9-2-1-3-10(6-9)13(16)20/h1-6,8H,7H2,(H2,16,20)(H,18,19). The largest absolute Gasteiger partial charge is 0.389 e. The van der Waals surface area contributed by atoms with Gasteiger partial charge in [-0.1, -0.05) is 30.4 Å². The Morgan fingerprint density at radius 2 is 2.20 bits per heavy atom. The van der Waals surface area contributed by atoms with E-state index in [1.54, 1.807) is 18.2 Å². The number of hydrogen-bond donors (Lipinski definition) is 2. The first kappa shape index (κ1) is 14.1. The summed E-state index contributed by atoms with van der Waals surface area (Å²) in [5, 5.41) is 2.63. The van der Waals surface area contributed by atoms with Crippen LogP contribution in [0.25, 0.3) is 0 Å². The quantitative estimate of drug-likeness (QED) is 0.842. The summed E-state index contributed by atoms with van der Waals surface area (Å²) in [4.78, 5) is 15.7. The molecule has 0 unspecified atom stereocenters. The molecule has 0 atom stereocenters. The number of nitrogens with two attached hydrogens (primary N) is 1. The molecule has 0 saturated carbocycles. The van der Waals surface area contributed by atoms with Crippen molar-refractivity contribution in [3.63, 3.8) is 0 Å². The van der Waals surface area contributed by atoms with Crippen LogP contribution in [0.3, 0.4) is 0 Å². The minimum Gasteiger partial charge on any atom is -0.389 e. The molecule has 1 heterocycles. The minimum absolute atomic E-state index is 0.0366. The molecule has 1 aromatic heterocycles. The molecule has 1 aromatic carbocycles. The molecular formula is C14H12FN3OS. The van der Waals surface area contributed by atoms with E-state index in [4.69, 9.17) is 18.0 Å². The zero-order chi connectivity index (χ0) is 14.5. The molecule has 20 heavy (non-hydrogen) atoms. The third-order valence-corrected chi connectivity index (χ3v) is 2.92. The number of pyridine rings is 1. The summed E-state index contributed by atoms with van der Waals surface area (Å²) >= 11 is 4.88. The lowest BCUT2D eigenvalue weighted by Crippen LogP contribution is -2.24. The number of halogens is 1. The van der Waals surface area contributed by atoms with Crippen molar-refractivity contribution < 1.29 is 9.18 Å². The van der Waals surface area contributed by atoms with Crippen LogP contribution < -0.4 is 11.1 Å². The average molecular weight is 289 g/mol. The van der Waals surface area contributed by atoms with Gasteiger partial charge in [0.1, 0.15) is 4.99 Å². The van der Waals surface area contributed by atoms with Crippen LogP contribution in [-0.2, 0) is 6.54 Å². The lowest BCUT2D eigenvalue weighted by Gasteiger charge is -2.07. The van der Waals surface area contributed by atoms with Gasteiger partial charge >= 0.3 is 0 Å². The summed E-state index contributed by atoms with van der Waals surface area (Å²) in [6, 6.07) is 8.52. The predicted molar refractivity (Wildman–Crippen MR) is 77.7 cm³/mol. The van der Waals surface area contributed by atoms with Gasteiger partial charge < -0.3 is 11.1 Å². The molecular weight excluding hydrogens is 277 g/mol. The summed E-state index contributed by atoms with van der Waals surface area (Å²) in [6.07, 6.45) is 2.37. The second-order valence-electron chi connectivity index (χ2n) is 4.10. The van der Waals surface area contributed by atoms with E-state index in [-0.39, 0.29) is 12.1 Å². The lowest BCUT2D eigenvalue weighted by atomic mass is 10.1. The van der Waals surface area contributed by atoms with E-state index in [9.17, 15) is 9.18 Å². The van der Waals surface area contributed by atoms with Crippen molar-refractivity contribution in [3.8, 4) is 0 Å². The number of aromatic nitrogens is 1. The van der Waals surface area contributed by atoms with Crippen LogP contribution >= 0.6 is 12.2 Å². The molecule has 2 aromatic rings. The van der Waals surface area contributed by atoms with Crippen molar-refractivity contribution in [2.75, 3.05) is 0 Å². The number of hydrogen-bond acceptors (Lipinski definition) is 3. The van der Waals surface area contributed by atoms with Crippen LogP contribution in [0, 0.1) is 5.82 Å². The fourth-order valence-corrected chi connectivity index (χ4v) is 1.80. The molecule has 0 bridgehead atoms. The highest BCUT2D eigenvalue weighted by Gasteiger charge is 2.10. The molecule has 2 rings (SSSR count). The molecule has 3 N–H and O–H groups in total. The Bertz CT molecular complexity index is 660. The van der Waals surface area contributed by atoms with Crippen LogP contribution in [0.5, 0.6) is 0 Å². The first-order valence-electron chi connectivity index (χ1n) is 5.84. The molecule has 102 valence electrons. The first-order valence-corrected chi connectivity index (χ1v) is 6.25. The molecule has 0 saturated heterocycles. The number of nitrogens with one attached hydrogen (secondary N) is 1.